The molecule has 5 rings (SSSR count). The molecule has 1 atom stereocenters. The Morgan fingerprint density at radius 1 is 0.688 bits per heavy atom. The minimum atomic E-state index is -0.437. The number of anilines is 1. The van der Waals surface area contributed by atoms with Gasteiger partial charge < -0.3 is 49.6 Å². The lowest BCUT2D eigenvalue weighted by Gasteiger charge is -2.28. The topological polar surface area (TPSA) is 148 Å². The molecular formula is C37H40N2O9. The van der Waals surface area contributed by atoms with E-state index in [4.69, 9.17) is 23.7 Å². The average Bonchev–Trinajstić information content (AvgIpc) is 3.13. The van der Waals surface area contributed by atoms with Crippen LogP contribution in [0.5, 0.6) is 28.7 Å². The van der Waals surface area contributed by atoms with E-state index in [2.05, 4.69) is 10.6 Å². The highest BCUT2D eigenvalue weighted by atomic mass is 16.5. The lowest BCUT2D eigenvalue weighted by Crippen LogP contribution is -2.38. The van der Waals surface area contributed by atoms with Gasteiger partial charge in [0, 0.05) is 23.2 Å². The van der Waals surface area contributed by atoms with Crippen LogP contribution in [-0.2, 0) is 19.8 Å². The van der Waals surface area contributed by atoms with Crippen LogP contribution >= 0.6 is 0 Å². The smallest absolute Gasteiger partial charge is 0.255 e. The maximum atomic E-state index is 12.6. The summed E-state index contributed by atoms with van der Waals surface area (Å²) in [7, 11) is 4.62. The molecule has 0 bridgehead atoms. The molecule has 5 N–H and O–H groups in total. The van der Waals surface area contributed by atoms with Crippen LogP contribution in [0.3, 0.4) is 0 Å². The van der Waals surface area contributed by atoms with Crippen LogP contribution in [0.15, 0.2) is 66.7 Å². The lowest BCUT2D eigenvalue weighted by atomic mass is 10.0. The van der Waals surface area contributed by atoms with Gasteiger partial charge in [-0.25, -0.2) is 0 Å². The normalized spacial score (nSPS) is 13.8. The summed E-state index contributed by atoms with van der Waals surface area (Å²) in [6.45, 7) is -0.0460. The Balaban J connectivity index is 1.20. The summed E-state index contributed by atoms with van der Waals surface area (Å²) in [4.78, 5) is 12.6. The van der Waals surface area contributed by atoms with Crippen LogP contribution in [-0.4, -0.2) is 55.8 Å². The Bertz CT molecular complexity index is 1720. The first kappa shape index (κ1) is 34.1. The first-order valence-corrected chi connectivity index (χ1v) is 15.4. The number of aliphatic hydroxyl groups is 3. The molecule has 0 spiro atoms. The first-order valence-electron chi connectivity index (χ1n) is 15.4. The van der Waals surface area contributed by atoms with E-state index in [0.29, 0.717) is 70.6 Å². The molecule has 252 valence electrons. The van der Waals surface area contributed by atoms with Gasteiger partial charge in [-0.15, -0.1) is 0 Å². The number of methoxy groups -OCH3 is 3. The van der Waals surface area contributed by atoms with E-state index in [0.717, 1.165) is 22.4 Å². The first-order chi connectivity index (χ1) is 23.4. The van der Waals surface area contributed by atoms with E-state index in [1.165, 1.54) is 7.11 Å². The minimum Gasteiger partial charge on any atom is -0.496 e. The second-order valence-electron chi connectivity index (χ2n) is 10.9. The van der Waals surface area contributed by atoms with Gasteiger partial charge in [0.1, 0.15) is 17.7 Å². The Morgan fingerprint density at radius 3 is 2.00 bits per heavy atom. The molecule has 1 aliphatic heterocycles. The number of amides is 1. The highest BCUT2D eigenvalue weighted by Gasteiger charge is 2.25. The lowest BCUT2D eigenvalue weighted by molar-refractivity contribution is 0.0935. The fourth-order valence-corrected chi connectivity index (χ4v) is 5.49. The molecule has 11 nitrogen and oxygen atoms in total. The molecule has 0 aliphatic carbocycles. The average molecular weight is 657 g/mol. The maximum absolute atomic E-state index is 12.6. The molecule has 1 aliphatic rings. The van der Waals surface area contributed by atoms with Crippen molar-refractivity contribution in [3.8, 4) is 28.7 Å². The van der Waals surface area contributed by atoms with Gasteiger partial charge in [0.05, 0.1) is 59.9 Å². The summed E-state index contributed by atoms with van der Waals surface area (Å²) < 4.78 is 28.7. The fourth-order valence-electron chi connectivity index (χ4n) is 5.49. The van der Waals surface area contributed by atoms with E-state index in [-0.39, 0.29) is 25.7 Å². The molecule has 4 aromatic carbocycles. The molecule has 0 aromatic heterocycles. The number of benzene rings is 4. The standard InChI is InChI=1S/C37H40N2O9/c1-44-32-16-23(15-26(20-40)29(32)22-42)9-10-24-17-33(45-2)35(34(18-24)46-3)48-14-6-13-47-31-12-11-25(19-27(31)21-41)36-38-30-8-5-4-7-28(30)37(43)39-36/h4-5,7-12,15-19,36,38,40-42H,6,13-14,20-22H2,1-3H3,(H,39,43). The van der Waals surface area contributed by atoms with Gasteiger partial charge in [0.25, 0.3) is 5.91 Å². The number of hydrogen-bond donors (Lipinski definition) is 5. The van der Waals surface area contributed by atoms with Gasteiger partial charge >= 0.3 is 0 Å². The molecule has 1 amide bonds. The van der Waals surface area contributed by atoms with Gasteiger partial charge in [-0.1, -0.05) is 30.4 Å². The number of fused-ring (bicyclic) bond motifs is 1. The Kier molecular flexibility index (Phi) is 11.4. The largest absolute Gasteiger partial charge is 0.496 e. The van der Waals surface area contributed by atoms with E-state index in [1.54, 1.807) is 38.5 Å². The quantitative estimate of drug-likeness (QED) is 0.0869. The molecule has 0 fully saturated rings. The molecule has 0 radical (unpaired) electrons. The van der Waals surface area contributed by atoms with Crippen molar-refractivity contribution in [2.24, 2.45) is 0 Å². The molecule has 11 heteroatoms. The number of ether oxygens (including phenoxy) is 5. The number of rotatable bonds is 15. The van der Waals surface area contributed by atoms with Crippen molar-refractivity contribution in [2.45, 2.75) is 32.4 Å². The maximum Gasteiger partial charge on any atom is 0.255 e. The molecule has 1 heterocycles. The van der Waals surface area contributed by atoms with Crippen LogP contribution in [0.2, 0.25) is 0 Å². The van der Waals surface area contributed by atoms with Crippen molar-refractivity contribution in [2.75, 3.05) is 39.9 Å². The summed E-state index contributed by atoms with van der Waals surface area (Å²) in [5.41, 5.74) is 5.45. The van der Waals surface area contributed by atoms with Crippen LogP contribution in [0, 0.1) is 0 Å². The molecule has 48 heavy (non-hydrogen) atoms. The van der Waals surface area contributed by atoms with Crippen molar-refractivity contribution in [3.05, 3.63) is 106 Å². The second kappa shape index (κ2) is 16.1. The Hall–Kier alpha value is -5.23. The third-order valence-corrected chi connectivity index (χ3v) is 7.95. The fraction of sp³-hybridized carbons (Fsp3) is 0.270. The number of carbonyl (C=O) groups excluding carboxylic acids is 1. The van der Waals surface area contributed by atoms with Gasteiger partial charge in [0.2, 0.25) is 5.75 Å². The minimum absolute atomic E-state index is 0.164. The number of nitrogens with one attached hydrogen (secondary N) is 2. The third kappa shape index (κ3) is 7.66. The van der Waals surface area contributed by atoms with Crippen LogP contribution in [0.1, 0.15) is 56.3 Å². The highest BCUT2D eigenvalue weighted by molar-refractivity contribution is 6.01. The van der Waals surface area contributed by atoms with E-state index in [9.17, 15) is 20.1 Å². The molecule has 1 unspecified atom stereocenters. The predicted molar refractivity (Wildman–Crippen MR) is 182 cm³/mol. The Labute approximate surface area is 279 Å². The predicted octanol–water partition coefficient (Wildman–Crippen LogP) is 5.06. The summed E-state index contributed by atoms with van der Waals surface area (Å²) in [6.07, 6.45) is 3.84. The van der Waals surface area contributed by atoms with Crippen LogP contribution in [0.4, 0.5) is 5.69 Å². The molecule has 4 aromatic rings. The number of hydrogen-bond acceptors (Lipinski definition) is 10. The molecule has 0 saturated heterocycles. The van der Waals surface area contributed by atoms with Gasteiger partial charge in [-0.2, -0.15) is 0 Å². The second-order valence-corrected chi connectivity index (χ2v) is 10.9. The number of aliphatic hydroxyl groups excluding tert-OH is 3. The zero-order valence-corrected chi connectivity index (χ0v) is 27.1. The van der Waals surface area contributed by atoms with Crippen molar-refractivity contribution in [1.82, 2.24) is 5.32 Å². The molecular weight excluding hydrogens is 616 g/mol. The van der Waals surface area contributed by atoms with E-state index < -0.39 is 6.17 Å². The summed E-state index contributed by atoms with van der Waals surface area (Å²) >= 11 is 0. The van der Waals surface area contributed by atoms with Crippen LogP contribution in [0.25, 0.3) is 12.2 Å². The third-order valence-electron chi connectivity index (χ3n) is 7.95. The molecule has 0 saturated carbocycles. The van der Waals surface area contributed by atoms with Gasteiger partial charge in [-0.3, -0.25) is 4.79 Å². The van der Waals surface area contributed by atoms with Gasteiger partial charge in [-0.05, 0) is 70.8 Å². The van der Waals surface area contributed by atoms with E-state index >= 15 is 0 Å². The highest BCUT2D eigenvalue weighted by Crippen LogP contribution is 2.39. The van der Waals surface area contributed by atoms with Crippen molar-refractivity contribution < 1.29 is 43.8 Å². The summed E-state index contributed by atoms with van der Waals surface area (Å²) in [5, 5.41) is 35.7. The van der Waals surface area contributed by atoms with Gasteiger partial charge in [0.15, 0.2) is 11.5 Å². The van der Waals surface area contributed by atoms with E-state index in [1.807, 2.05) is 54.6 Å². The van der Waals surface area contributed by atoms with Crippen molar-refractivity contribution in [3.63, 3.8) is 0 Å². The van der Waals surface area contributed by atoms with Crippen LogP contribution < -0.4 is 34.3 Å². The summed E-state index contributed by atoms with van der Waals surface area (Å²) in [5.74, 6) is 2.31. The zero-order chi connectivity index (χ0) is 34.0. The van der Waals surface area contributed by atoms with Crippen molar-refractivity contribution >= 4 is 23.7 Å². The SMILES string of the molecule is COc1cc(C=Cc2cc(OC)c(OCCCOc3ccc(C4NC(=O)c5ccccc5N4)cc3CO)c(OC)c2)cc(CO)c1CO. The Morgan fingerprint density at radius 2 is 1.33 bits per heavy atom. The summed E-state index contributed by atoms with van der Waals surface area (Å²) in [6, 6.07) is 20.0. The number of para-hydroxylation sites is 1. The van der Waals surface area contributed by atoms with Crippen molar-refractivity contribution in [1.29, 1.82) is 0 Å². The zero-order valence-electron chi connectivity index (χ0n) is 27.1. The monoisotopic (exact) mass is 656 g/mol. The number of carbonyl (C=O) groups is 1.